The normalized spacial score (nSPS) is 13.8. The molecule has 1 atom stereocenters. The summed E-state index contributed by atoms with van der Waals surface area (Å²) in [6.07, 6.45) is 0.623. The Morgan fingerprint density at radius 1 is 1.50 bits per heavy atom. The van der Waals surface area contributed by atoms with E-state index in [1.807, 2.05) is 20.8 Å². The van der Waals surface area contributed by atoms with Crippen LogP contribution in [0.1, 0.15) is 27.2 Å². The van der Waals surface area contributed by atoms with E-state index in [9.17, 15) is 15.4 Å². The van der Waals surface area contributed by atoms with E-state index in [1.54, 1.807) is 18.2 Å². The fourth-order valence-electron chi connectivity index (χ4n) is 1.89. The fraction of sp³-hybridized carbons (Fsp3) is 0.500. The summed E-state index contributed by atoms with van der Waals surface area (Å²) >= 11 is 1.41. The smallest absolute Gasteiger partial charge is 0.282 e. The third-order valence-corrected chi connectivity index (χ3v) is 3.84. The Morgan fingerprint density at radius 2 is 2.15 bits per heavy atom. The number of hydrogen-bond acceptors (Lipinski definition) is 5. The Bertz CT molecular complexity index is 513. The van der Waals surface area contributed by atoms with Crippen LogP contribution in [0.5, 0.6) is 0 Å². The number of nitro benzene ring substituents is 1. The van der Waals surface area contributed by atoms with Gasteiger partial charge in [0.25, 0.3) is 5.69 Å². The van der Waals surface area contributed by atoms with Crippen LogP contribution in [0.15, 0.2) is 29.2 Å². The van der Waals surface area contributed by atoms with Gasteiger partial charge in [-0.2, -0.15) is 5.26 Å². The van der Waals surface area contributed by atoms with Crippen LogP contribution in [0.3, 0.4) is 0 Å². The summed E-state index contributed by atoms with van der Waals surface area (Å²) in [5.41, 5.74) is -0.488. The monoisotopic (exact) mass is 293 g/mol. The maximum atomic E-state index is 10.9. The second-order valence-corrected chi connectivity index (χ2v) is 6.20. The Balaban J connectivity index is 2.65. The molecule has 1 N–H and O–H groups in total. The summed E-state index contributed by atoms with van der Waals surface area (Å²) in [5, 5.41) is 23.4. The van der Waals surface area contributed by atoms with Gasteiger partial charge in [0.05, 0.1) is 15.9 Å². The molecule has 6 heteroatoms. The molecule has 0 radical (unpaired) electrons. The molecule has 0 aliphatic heterocycles. The Hall–Kier alpha value is -1.58. The molecule has 0 aliphatic carbocycles. The summed E-state index contributed by atoms with van der Waals surface area (Å²) < 4.78 is 0. The highest BCUT2D eigenvalue weighted by atomic mass is 32.2. The molecule has 0 fully saturated rings. The largest absolute Gasteiger partial charge is 0.297 e. The molecule has 1 rings (SSSR count). The zero-order valence-electron chi connectivity index (χ0n) is 11.9. The lowest BCUT2D eigenvalue weighted by Gasteiger charge is -2.25. The van der Waals surface area contributed by atoms with Crippen molar-refractivity contribution in [3.8, 4) is 6.07 Å². The molecule has 0 heterocycles. The van der Waals surface area contributed by atoms with Crippen molar-refractivity contribution >= 4 is 17.4 Å². The SMILES string of the molecule is CC(C)NC(C)(C#N)CCSc1ccccc1[N+](=O)[O-]. The first-order valence-electron chi connectivity index (χ1n) is 6.43. The lowest BCUT2D eigenvalue weighted by Crippen LogP contribution is -2.45. The van der Waals surface area contributed by atoms with Crippen LogP contribution in [0.4, 0.5) is 5.69 Å². The van der Waals surface area contributed by atoms with Gasteiger partial charge in [-0.25, -0.2) is 0 Å². The first kappa shape index (κ1) is 16.5. The predicted octanol–water partition coefficient (Wildman–Crippen LogP) is 3.36. The van der Waals surface area contributed by atoms with E-state index < -0.39 is 5.54 Å². The Morgan fingerprint density at radius 3 is 2.70 bits per heavy atom. The van der Waals surface area contributed by atoms with Gasteiger partial charge < -0.3 is 0 Å². The molecule has 108 valence electrons. The van der Waals surface area contributed by atoms with Crippen molar-refractivity contribution in [2.24, 2.45) is 0 Å². The molecule has 1 unspecified atom stereocenters. The average Bonchev–Trinajstić information content (AvgIpc) is 2.38. The maximum absolute atomic E-state index is 10.9. The van der Waals surface area contributed by atoms with Gasteiger partial charge in [-0.3, -0.25) is 15.4 Å². The summed E-state index contributed by atoms with van der Waals surface area (Å²) in [5.74, 6) is 0.647. The zero-order valence-corrected chi connectivity index (χ0v) is 12.7. The number of para-hydroxylation sites is 1. The summed E-state index contributed by atoms with van der Waals surface area (Å²) in [6.45, 7) is 5.84. The first-order chi connectivity index (χ1) is 9.38. The van der Waals surface area contributed by atoms with E-state index in [1.165, 1.54) is 17.8 Å². The van der Waals surface area contributed by atoms with Gasteiger partial charge in [0.1, 0.15) is 5.54 Å². The lowest BCUT2D eigenvalue weighted by molar-refractivity contribution is -0.387. The van der Waals surface area contributed by atoms with Crippen LogP contribution in [0, 0.1) is 21.4 Å². The number of hydrogen-bond donors (Lipinski definition) is 1. The maximum Gasteiger partial charge on any atom is 0.282 e. The van der Waals surface area contributed by atoms with E-state index in [0.29, 0.717) is 17.1 Å². The molecule has 0 spiro atoms. The van der Waals surface area contributed by atoms with Crippen molar-refractivity contribution in [1.29, 1.82) is 5.26 Å². The van der Waals surface area contributed by atoms with Crippen LogP contribution in [0.25, 0.3) is 0 Å². The minimum Gasteiger partial charge on any atom is -0.297 e. The Kier molecular flexibility index (Phi) is 5.99. The number of thioether (sulfide) groups is 1. The quantitative estimate of drug-likeness (QED) is 0.474. The van der Waals surface area contributed by atoms with E-state index in [4.69, 9.17) is 0 Å². The predicted molar refractivity (Wildman–Crippen MR) is 80.7 cm³/mol. The molecule has 0 aliphatic rings. The summed E-state index contributed by atoms with van der Waals surface area (Å²) in [6, 6.07) is 9.17. The van der Waals surface area contributed by atoms with Gasteiger partial charge in [-0.1, -0.05) is 12.1 Å². The number of nitriles is 1. The number of nitrogens with one attached hydrogen (secondary N) is 1. The minimum absolute atomic E-state index is 0.118. The molecular formula is C14H19N3O2S. The van der Waals surface area contributed by atoms with Crippen molar-refractivity contribution in [1.82, 2.24) is 5.32 Å². The highest BCUT2D eigenvalue weighted by molar-refractivity contribution is 7.99. The molecule has 0 saturated carbocycles. The third kappa shape index (κ3) is 4.83. The number of benzene rings is 1. The molecule has 20 heavy (non-hydrogen) atoms. The standard InChI is InChI=1S/C14H19N3O2S/c1-11(2)16-14(3,10-15)8-9-20-13-7-5-4-6-12(13)17(18)19/h4-7,11,16H,8-9H2,1-3H3. The zero-order chi connectivity index (χ0) is 15.2. The van der Waals surface area contributed by atoms with Gasteiger partial charge in [0.2, 0.25) is 0 Å². The molecule has 0 amide bonds. The van der Waals surface area contributed by atoms with Crippen LogP contribution in [-0.4, -0.2) is 22.3 Å². The first-order valence-corrected chi connectivity index (χ1v) is 7.42. The molecule has 0 saturated heterocycles. The van der Waals surface area contributed by atoms with Gasteiger partial charge in [0, 0.05) is 17.9 Å². The second-order valence-electron chi connectivity index (χ2n) is 5.07. The highest BCUT2D eigenvalue weighted by Crippen LogP contribution is 2.30. The van der Waals surface area contributed by atoms with Crippen LogP contribution in [-0.2, 0) is 0 Å². The third-order valence-electron chi connectivity index (χ3n) is 2.78. The molecule has 1 aromatic carbocycles. The van der Waals surface area contributed by atoms with Gasteiger partial charge in [0.15, 0.2) is 0 Å². The van der Waals surface area contributed by atoms with Crippen LogP contribution < -0.4 is 5.32 Å². The van der Waals surface area contributed by atoms with Gasteiger partial charge in [-0.05, 0) is 33.3 Å². The van der Waals surface area contributed by atoms with Crippen molar-refractivity contribution in [2.75, 3.05) is 5.75 Å². The summed E-state index contributed by atoms with van der Waals surface area (Å²) in [4.78, 5) is 11.2. The number of nitro groups is 1. The average molecular weight is 293 g/mol. The van der Waals surface area contributed by atoms with Crippen molar-refractivity contribution < 1.29 is 4.92 Å². The van der Waals surface area contributed by atoms with Crippen molar-refractivity contribution in [2.45, 2.75) is 43.7 Å². The topological polar surface area (TPSA) is 79.0 Å². The van der Waals surface area contributed by atoms with E-state index in [-0.39, 0.29) is 16.7 Å². The van der Waals surface area contributed by atoms with E-state index in [2.05, 4.69) is 11.4 Å². The summed E-state index contributed by atoms with van der Waals surface area (Å²) in [7, 11) is 0. The van der Waals surface area contributed by atoms with Gasteiger partial charge in [-0.15, -0.1) is 11.8 Å². The van der Waals surface area contributed by atoms with Crippen LogP contribution in [0.2, 0.25) is 0 Å². The van der Waals surface area contributed by atoms with Crippen molar-refractivity contribution in [3.05, 3.63) is 34.4 Å². The van der Waals surface area contributed by atoms with Gasteiger partial charge >= 0.3 is 0 Å². The minimum atomic E-state index is -0.606. The van der Waals surface area contributed by atoms with Crippen molar-refractivity contribution in [3.63, 3.8) is 0 Å². The number of rotatable bonds is 7. The fourth-order valence-corrected chi connectivity index (χ4v) is 3.09. The Labute approximate surface area is 123 Å². The second kappa shape index (κ2) is 7.27. The number of nitrogens with zero attached hydrogens (tertiary/aromatic N) is 2. The molecule has 0 bridgehead atoms. The molecular weight excluding hydrogens is 274 g/mol. The lowest BCUT2D eigenvalue weighted by atomic mass is 10.0. The molecule has 1 aromatic rings. The molecule has 0 aromatic heterocycles. The van der Waals surface area contributed by atoms with E-state index in [0.717, 1.165) is 0 Å². The van der Waals surface area contributed by atoms with E-state index >= 15 is 0 Å². The highest BCUT2D eigenvalue weighted by Gasteiger charge is 2.24. The molecule has 5 nitrogen and oxygen atoms in total. The van der Waals surface area contributed by atoms with Crippen LogP contribution >= 0.6 is 11.8 Å².